The van der Waals surface area contributed by atoms with Crippen molar-refractivity contribution in [3.05, 3.63) is 60.1 Å². The van der Waals surface area contributed by atoms with Crippen LogP contribution in [0.2, 0.25) is 0 Å². The Kier molecular flexibility index (Phi) is 6.92. The highest BCUT2D eigenvalue weighted by molar-refractivity contribution is 5.93. The van der Waals surface area contributed by atoms with Crippen LogP contribution < -0.4 is 5.32 Å². The SMILES string of the molecule is CC(=O)O[C@H]1C[C@@H](C(=O)NCCc2ccccc2)[C@]2(C)CC[C@H]3C(=O)O[C@H](c4ccoc4)C[C@]3(C)C2C1=O. The molecule has 8 heteroatoms. The average Bonchev–Trinajstić information content (AvgIpc) is 3.40. The van der Waals surface area contributed by atoms with Crippen LogP contribution in [0.4, 0.5) is 0 Å². The molecule has 1 N–H and O–H groups in total. The maximum atomic E-state index is 14.0. The van der Waals surface area contributed by atoms with Gasteiger partial charge < -0.3 is 19.2 Å². The van der Waals surface area contributed by atoms with Crippen LogP contribution in [-0.4, -0.2) is 36.3 Å². The van der Waals surface area contributed by atoms with Crippen molar-refractivity contribution >= 4 is 23.6 Å². The molecule has 0 bridgehead atoms. The van der Waals surface area contributed by atoms with Gasteiger partial charge in [0.25, 0.3) is 0 Å². The van der Waals surface area contributed by atoms with E-state index in [1.54, 1.807) is 12.3 Å². The van der Waals surface area contributed by atoms with E-state index in [4.69, 9.17) is 13.9 Å². The number of cyclic esters (lactones) is 1. The average molecular weight is 522 g/mol. The van der Waals surface area contributed by atoms with Gasteiger partial charge in [0.15, 0.2) is 11.9 Å². The summed E-state index contributed by atoms with van der Waals surface area (Å²) in [6.45, 7) is 5.69. The lowest BCUT2D eigenvalue weighted by Crippen LogP contribution is -2.65. The van der Waals surface area contributed by atoms with Crippen molar-refractivity contribution < 1.29 is 33.1 Å². The molecule has 5 rings (SSSR count). The van der Waals surface area contributed by atoms with E-state index >= 15 is 0 Å². The van der Waals surface area contributed by atoms with E-state index in [9.17, 15) is 19.2 Å². The third-order valence-electron chi connectivity index (χ3n) is 9.20. The number of carbonyl (C=O) groups excluding carboxylic acids is 4. The van der Waals surface area contributed by atoms with Crippen LogP contribution in [0.1, 0.15) is 63.7 Å². The molecule has 3 aliphatic rings. The van der Waals surface area contributed by atoms with E-state index in [-0.39, 0.29) is 24.1 Å². The summed E-state index contributed by atoms with van der Waals surface area (Å²) in [5.74, 6) is -2.93. The topological polar surface area (TPSA) is 112 Å². The van der Waals surface area contributed by atoms with Gasteiger partial charge in [0.1, 0.15) is 6.10 Å². The maximum absolute atomic E-state index is 14.0. The lowest BCUT2D eigenvalue weighted by Gasteiger charge is -2.61. The predicted octanol–water partition coefficient (Wildman–Crippen LogP) is 4.19. The number of Topliss-reactive ketones (excluding diaryl/α,β-unsaturated/α-hetero) is 1. The summed E-state index contributed by atoms with van der Waals surface area (Å²) < 4.78 is 16.5. The van der Waals surface area contributed by atoms with Gasteiger partial charge in [0.2, 0.25) is 5.91 Å². The van der Waals surface area contributed by atoms with Crippen LogP contribution in [0.5, 0.6) is 0 Å². The highest BCUT2D eigenvalue weighted by Crippen LogP contribution is 2.65. The Morgan fingerprint density at radius 3 is 2.55 bits per heavy atom. The standard InChI is InChI=1S/C30H35NO7/c1-18(32)37-23-15-22(27(34)31-13-10-19-7-5-4-6-8-19)29(2)12-9-21-28(35)38-24(20-11-14-36-17-20)16-30(21,3)26(29)25(23)33/h4-8,11,14,17,21-24,26H,9-10,12-13,15-16H2,1-3H3,(H,31,34)/t21-,22-,23-,24-,26?,29-,30-/m0/s1. The highest BCUT2D eigenvalue weighted by atomic mass is 16.6. The van der Waals surface area contributed by atoms with Crippen molar-refractivity contribution in [1.29, 1.82) is 0 Å². The second-order valence-corrected chi connectivity index (χ2v) is 11.5. The molecule has 202 valence electrons. The monoisotopic (exact) mass is 521 g/mol. The molecule has 38 heavy (non-hydrogen) atoms. The number of amides is 1. The van der Waals surface area contributed by atoms with Crippen molar-refractivity contribution in [2.75, 3.05) is 6.54 Å². The minimum absolute atomic E-state index is 0.138. The number of fused-ring (bicyclic) bond motifs is 3. The minimum atomic E-state index is -1.03. The number of benzene rings is 1. The van der Waals surface area contributed by atoms with E-state index in [1.165, 1.54) is 13.2 Å². The summed E-state index contributed by atoms with van der Waals surface area (Å²) >= 11 is 0. The Bertz CT molecular complexity index is 1210. The van der Waals surface area contributed by atoms with Crippen molar-refractivity contribution in [3.8, 4) is 0 Å². The Balaban J connectivity index is 1.46. The third kappa shape index (κ3) is 4.54. The van der Waals surface area contributed by atoms with E-state index in [2.05, 4.69) is 5.32 Å². The molecule has 7 atom stereocenters. The first kappa shape index (κ1) is 26.2. The van der Waals surface area contributed by atoms with Gasteiger partial charge in [-0.15, -0.1) is 0 Å². The van der Waals surface area contributed by atoms with Crippen LogP contribution in [0.3, 0.4) is 0 Å². The van der Waals surface area contributed by atoms with Gasteiger partial charge in [-0.05, 0) is 48.1 Å². The van der Waals surface area contributed by atoms with Crippen molar-refractivity contribution in [2.45, 2.75) is 65.1 Å². The molecule has 0 radical (unpaired) electrons. The van der Waals surface area contributed by atoms with Crippen molar-refractivity contribution in [1.82, 2.24) is 5.32 Å². The number of hydrogen-bond acceptors (Lipinski definition) is 7. The number of nitrogens with one attached hydrogen (secondary N) is 1. The lowest BCUT2D eigenvalue weighted by molar-refractivity contribution is -0.207. The van der Waals surface area contributed by atoms with Gasteiger partial charge in [-0.3, -0.25) is 19.2 Å². The molecule has 2 aromatic rings. The zero-order valence-electron chi connectivity index (χ0n) is 22.1. The fraction of sp³-hybridized carbons (Fsp3) is 0.533. The molecule has 1 aliphatic heterocycles. The largest absolute Gasteiger partial charge is 0.472 e. The van der Waals surface area contributed by atoms with E-state index < -0.39 is 46.8 Å². The van der Waals surface area contributed by atoms with E-state index in [1.807, 2.05) is 44.2 Å². The molecule has 8 nitrogen and oxygen atoms in total. The molecular weight excluding hydrogens is 486 g/mol. The van der Waals surface area contributed by atoms with Gasteiger partial charge in [-0.25, -0.2) is 0 Å². The molecule has 1 unspecified atom stereocenters. The summed E-state index contributed by atoms with van der Waals surface area (Å²) in [5, 5.41) is 3.08. The number of ether oxygens (including phenoxy) is 2. The predicted molar refractivity (Wildman–Crippen MR) is 136 cm³/mol. The quantitative estimate of drug-likeness (QED) is 0.568. The summed E-state index contributed by atoms with van der Waals surface area (Å²) in [7, 11) is 0. The molecule has 1 saturated heterocycles. The second-order valence-electron chi connectivity index (χ2n) is 11.5. The van der Waals surface area contributed by atoms with Crippen LogP contribution in [0.25, 0.3) is 0 Å². The van der Waals surface area contributed by atoms with Crippen molar-refractivity contribution in [2.24, 2.45) is 28.6 Å². The number of esters is 2. The van der Waals surface area contributed by atoms with Crippen LogP contribution in [-0.2, 0) is 35.1 Å². The highest BCUT2D eigenvalue weighted by Gasteiger charge is 2.67. The van der Waals surface area contributed by atoms with E-state index in [0.29, 0.717) is 32.2 Å². The maximum Gasteiger partial charge on any atom is 0.310 e. The molecule has 3 fully saturated rings. The Morgan fingerprint density at radius 2 is 1.87 bits per heavy atom. The number of furan rings is 1. The minimum Gasteiger partial charge on any atom is -0.472 e. The van der Waals surface area contributed by atoms with Gasteiger partial charge in [0, 0.05) is 37.3 Å². The number of rotatable bonds is 6. The van der Waals surface area contributed by atoms with Crippen LogP contribution >= 0.6 is 0 Å². The third-order valence-corrected chi connectivity index (χ3v) is 9.20. The number of ketones is 1. The second kappa shape index (κ2) is 10.0. The summed E-state index contributed by atoms with van der Waals surface area (Å²) in [6, 6.07) is 11.7. The summed E-state index contributed by atoms with van der Waals surface area (Å²) in [6.07, 6.45) is 3.80. The molecule has 2 saturated carbocycles. The molecule has 2 heterocycles. The molecule has 1 aromatic carbocycles. The Hall–Kier alpha value is -3.42. The summed E-state index contributed by atoms with van der Waals surface area (Å²) in [4.78, 5) is 53.0. The molecule has 1 amide bonds. The molecule has 0 spiro atoms. The van der Waals surface area contributed by atoms with Gasteiger partial charge >= 0.3 is 11.9 Å². The zero-order valence-corrected chi connectivity index (χ0v) is 22.1. The van der Waals surface area contributed by atoms with Crippen LogP contribution in [0.15, 0.2) is 53.3 Å². The van der Waals surface area contributed by atoms with Gasteiger partial charge in [-0.2, -0.15) is 0 Å². The summed E-state index contributed by atoms with van der Waals surface area (Å²) in [5.41, 5.74) is 0.379. The smallest absolute Gasteiger partial charge is 0.310 e. The van der Waals surface area contributed by atoms with Gasteiger partial charge in [-0.1, -0.05) is 44.2 Å². The van der Waals surface area contributed by atoms with Crippen LogP contribution in [0, 0.1) is 28.6 Å². The number of carbonyl (C=O) groups is 4. The lowest BCUT2D eigenvalue weighted by atomic mass is 9.43. The fourth-order valence-corrected chi connectivity index (χ4v) is 7.46. The Labute approximate surface area is 222 Å². The normalized spacial score (nSPS) is 34.4. The fourth-order valence-electron chi connectivity index (χ4n) is 7.46. The van der Waals surface area contributed by atoms with Gasteiger partial charge in [0.05, 0.1) is 18.4 Å². The Morgan fingerprint density at radius 1 is 1.11 bits per heavy atom. The first-order valence-corrected chi connectivity index (χ1v) is 13.4. The van der Waals surface area contributed by atoms with Crippen molar-refractivity contribution in [3.63, 3.8) is 0 Å². The first-order valence-electron chi connectivity index (χ1n) is 13.4. The number of hydrogen-bond donors (Lipinski definition) is 1. The zero-order chi connectivity index (χ0) is 27.1. The molecule has 1 aromatic heterocycles. The first-order chi connectivity index (χ1) is 18.1. The van der Waals surface area contributed by atoms with E-state index in [0.717, 1.165) is 11.1 Å². The molecule has 2 aliphatic carbocycles. The molecular formula is C30H35NO7.